The molecule has 9 heteroatoms. The van der Waals surface area contributed by atoms with Crippen molar-refractivity contribution in [3.05, 3.63) is 42.0 Å². The maximum Gasteiger partial charge on any atom is 0.337 e. The number of benzene rings is 2. The highest BCUT2D eigenvalue weighted by molar-refractivity contribution is 7.92. The number of hydrogen-bond acceptors (Lipinski definition) is 6. The number of carboxylic acid groups (broad SMARTS) is 1. The van der Waals surface area contributed by atoms with Crippen LogP contribution in [-0.2, 0) is 10.0 Å². The van der Waals surface area contributed by atoms with Crippen molar-refractivity contribution in [3.63, 3.8) is 0 Å². The molecule has 0 spiro atoms. The first kappa shape index (κ1) is 22.4. The van der Waals surface area contributed by atoms with Crippen LogP contribution in [0.3, 0.4) is 0 Å². The van der Waals surface area contributed by atoms with Gasteiger partial charge in [0.2, 0.25) is 0 Å². The van der Waals surface area contributed by atoms with Crippen molar-refractivity contribution in [3.8, 4) is 11.5 Å². The molecule has 29 heavy (non-hydrogen) atoms. The van der Waals surface area contributed by atoms with E-state index in [9.17, 15) is 18.3 Å². The average molecular weight is 423 g/mol. The number of nitrogens with zero attached hydrogens (tertiary/aromatic N) is 1. The number of carboxylic acids is 1. The average Bonchev–Trinajstić information content (AvgIpc) is 2.71. The van der Waals surface area contributed by atoms with Gasteiger partial charge in [0.1, 0.15) is 16.4 Å². The Morgan fingerprint density at radius 1 is 1.14 bits per heavy atom. The highest BCUT2D eigenvalue weighted by Gasteiger charge is 2.23. The summed E-state index contributed by atoms with van der Waals surface area (Å²) in [6.07, 6.45) is 1.97. The lowest BCUT2D eigenvalue weighted by molar-refractivity contribution is 0.0698. The molecule has 2 rings (SSSR count). The lowest BCUT2D eigenvalue weighted by Gasteiger charge is -2.21. The first-order valence-corrected chi connectivity index (χ1v) is 10.5. The van der Waals surface area contributed by atoms with Crippen LogP contribution in [0.2, 0.25) is 0 Å². The number of ether oxygens (including phenoxy) is 2. The zero-order valence-electron chi connectivity index (χ0n) is 16.9. The van der Waals surface area contributed by atoms with Crippen molar-refractivity contribution in [2.75, 3.05) is 37.4 Å². The molecule has 0 aliphatic rings. The Labute approximate surface area is 171 Å². The van der Waals surface area contributed by atoms with Crippen molar-refractivity contribution in [2.45, 2.75) is 24.7 Å². The molecule has 0 radical (unpaired) electrons. The topological polar surface area (TPSA) is 105 Å². The number of rotatable bonds is 10. The lowest BCUT2D eigenvalue weighted by atomic mass is 10.1. The van der Waals surface area contributed by atoms with E-state index >= 15 is 0 Å². The monoisotopic (exact) mass is 422 g/mol. The second kappa shape index (κ2) is 9.51. The van der Waals surface area contributed by atoms with Gasteiger partial charge in [-0.05, 0) is 36.8 Å². The van der Waals surface area contributed by atoms with Gasteiger partial charge in [-0.25, -0.2) is 13.2 Å². The van der Waals surface area contributed by atoms with Gasteiger partial charge in [0.25, 0.3) is 10.0 Å². The largest absolute Gasteiger partial charge is 0.497 e. The van der Waals surface area contributed by atoms with Gasteiger partial charge in [-0.2, -0.15) is 0 Å². The molecule has 8 nitrogen and oxygen atoms in total. The zero-order chi connectivity index (χ0) is 21.6. The van der Waals surface area contributed by atoms with E-state index in [2.05, 4.69) is 11.6 Å². The van der Waals surface area contributed by atoms with Crippen molar-refractivity contribution in [1.29, 1.82) is 0 Å². The van der Waals surface area contributed by atoms with E-state index in [1.54, 1.807) is 12.1 Å². The van der Waals surface area contributed by atoms with Gasteiger partial charge in [0.15, 0.2) is 0 Å². The predicted molar refractivity (Wildman–Crippen MR) is 112 cm³/mol. The molecule has 0 saturated heterocycles. The van der Waals surface area contributed by atoms with E-state index in [0.29, 0.717) is 11.4 Å². The summed E-state index contributed by atoms with van der Waals surface area (Å²) >= 11 is 0. The zero-order valence-corrected chi connectivity index (χ0v) is 17.7. The Morgan fingerprint density at radius 2 is 1.86 bits per heavy atom. The summed E-state index contributed by atoms with van der Waals surface area (Å²) in [5, 5.41) is 9.60. The maximum absolute atomic E-state index is 12.9. The minimum absolute atomic E-state index is 0.0324. The molecule has 0 bridgehead atoms. The van der Waals surface area contributed by atoms with Crippen molar-refractivity contribution < 1.29 is 27.8 Å². The molecule has 0 atom stereocenters. The third kappa shape index (κ3) is 5.32. The Kier molecular flexibility index (Phi) is 7.33. The number of sulfonamides is 1. The third-order valence-electron chi connectivity index (χ3n) is 4.43. The summed E-state index contributed by atoms with van der Waals surface area (Å²) in [7, 11) is 0.509. The van der Waals surface area contributed by atoms with Crippen LogP contribution in [0.4, 0.5) is 11.4 Å². The molecule has 2 aromatic carbocycles. The molecule has 0 aliphatic carbocycles. The normalized spacial score (nSPS) is 11.0. The van der Waals surface area contributed by atoms with E-state index in [0.717, 1.165) is 19.4 Å². The minimum Gasteiger partial charge on any atom is -0.497 e. The molecule has 0 aliphatic heterocycles. The Hall–Kier alpha value is -2.94. The molecule has 0 aromatic heterocycles. The molecular weight excluding hydrogens is 396 g/mol. The third-order valence-corrected chi connectivity index (χ3v) is 5.81. The molecule has 0 unspecified atom stereocenters. The van der Waals surface area contributed by atoms with Gasteiger partial charge < -0.3 is 19.5 Å². The maximum atomic E-state index is 12.9. The summed E-state index contributed by atoms with van der Waals surface area (Å²) in [6, 6.07) is 8.94. The number of anilines is 2. The molecule has 2 N–H and O–H groups in total. The smallest absolute Gasteiger partial charge is 0.337 e. The van der Waals surface area contributed by atoms with E-state index in [1.165, 1.54) is 38.5 Å². The molecule has 158 valence electrons. The van der Waals surface area contributed by atoms with Crippen LogP contribution in [0.1, 0.15) is 30.1 Å². The first-order chi connectivity index (χ1) is 13.7. The molecular formula is C20H26N2O6S. The molecule has 2 aromatic rings. The Bertz CT molecular complexity index is 975. The number of nitrogens with one attached hydrogen (secondary N) is 1. The number of hydrogen-bond donors (Lipinski definition) is 2. The van der Waals surface area contributed by atoms with Crippen LogP contribution >= 0.6 is 0 Å². The van der Waals surface area contributed by atoms with E-state index in [-0.39, 0.29) is 21.9 Å². The Morgan fingerprint density at radius 3 is 2.45 bits per heavy atom. The van der Waals surface area contributed by atoms with E-state index < -0.39 is 16.0 Å². The summed E-state index contributed by atoms with van der Waals surface area (Å²) < 4.78 is 38.5. The first-order valence-electron chi connectivity index (χ1n) is 9.06. The summed E-state index contributed by atoms with van der Waals surface area (Å²) in [5.41, 5.74) is 0.518. The summed E-state index contributed by atoms with van der Waals surface area (Å²) in [5.74, 6) is -0.783. The van der Waals surface area contributed by atoms with Crippen molar-refractivity contribution >= 4 is 27.4 Å². The Balaban J connectivity index is 2.43. The SMILES string of the molecule is CCCCN(C)c1ccc(NS(=O)(=O)c2cc(OC)ccc2OC)c(C(=O)O)c1. The van der Waals surface area contributed by atoms with Crippen LogP contribution in [0.25, 0.3) is 0 Å². The molecule has 0 saturated carbocycles. The van der Waals surface area contributed by atoms with Crippen LogP contribution < -0.4 is 19.1 Å². The summed E-state index contributed by atoms with van der Waals surface area (Å²) in [6.45, 7) is 2.84. The summed E-state index contributed by atoms with van der Waals surface area (Å²) in [4.78, 5) is 13.5. The standard InChI is InChI=1S/C20H26N2O6S/c1-5-6-11-22(2)14-7-9-17(16(12-14)20(23)24)21-29(25,26)19-13-15(27-3)8-10-18(19)28-4/h7-10,12-13,21H,5-6,11H2,1-4H3,(H,23,24). The van der Waals surface area contributed by atoms with Crippen LogP contribution in [0, 0.1) is 0 Å². The number of aromatic carboxylic acids is 1. The highest BCUT2D eigenvalue weighted by atomic mass is 32.2. The van der Waals surface area contributed by atoms with E-state index in [1.807, 2.05) is 11.9 Å². The molecule has 0 fully saturated rings. The highest BCUT2D eigenvalue weighted by Crippen LogP contribution is 2.31. The van der Waals surface area contributed by atoms with Gasteiger partial charge in [0, 0.05) is 25.3 Å². The number of methoxy groups -OCH3 is 2. The van der Waals surface area contributed by atoms with Gasteiger partial charge in [-0.15, -0.1) is 0 Å². The van der Waals surface area contributed by atoms with Gasteiger partial charge in [-0.3, -0.25) is 4.72 Å². The van der Waals surface area contributed by atoms with Crippen LogP contribution in [-0.4, -0.2) is 47.3 Å². The van der Waals surface area contributed by atoms with Crippen molar-refractivity contribution in [1.82, 2.24) is 0 Å². The second-order valence-corrected chi connectivity index (χ2v) is 8.08. The number of unbranched alkanes of at least 4 members (excludes halogenated alkanes) is 1. The fourth-order valence-electron chi connectivity index (χ4n) is 2.75. The van der Waals surface area contributed by atoms with Crippen LogP contribution in [0.5, 0.6) is 11.5 Å². The number of carbonyl (C=O) groups is 1. The fraction of sp³-hybridized carbons (Fsp3) is 0.350. The minimum atomic E-state index is -4.12. The van der Waals surface area contributed by atoms with Crippen molar-refractivity contribution in [2.24, 2.45) is 0 Å². The van der Waals surface area contributed by atoms with E-state index in [4.69, 9.17) is 9.47 Å². The lowest BCUT2D eigenvalue weighted by Crippen LogP contribution is -2.20. The van der Waals surface area contributed by atoms with Gasteiger partial charge in [-0.1, -0.05) is 13.3 Å². The molecule has 0 amide bonds. The predicted octanol–water partition coefficient (Wildman–Crippen LogP) is 3.44. The second-order valence-electron chi connectivity index (χ2n) is 6.43. The van der Waals surface area contributed by atoms with Gasteiger partial charge >= 0.3 is 5.97 Å². The van der Waals surface area contributed by atoms with Gasteiger partial charge in [0.05, 0.1) is 25.5 Å². The fourth-order valence-corrected chi connectivity index (χ4v) is 4.02. The quantitative estimate of drug-likeness (QED) is 0.604. The molecule has 0 heterocycles. The van der Waals surface area contributed by atoms with Crippen LogP contribution in [0.15, 0.2) is 41.3 Å².